The van der Waals surface area contributed by atoms with E-state index in [1.165, 1.54) is 0 Å². The molecule has 2 aromatic heterocycles. The van der Waals surface area contributed by atoms with Gasteiger partial charge in [-0.25, -0.2) is 4.98 Å². The maximum Gasteiger partial charge on any atom is 0.139 e. The van der Waals surface area contributed by atoms with E-state index in [2.05, 4.69) is 24.1 Å². The number of rotatable bonds is 6. The number of hydrogen-bond donors (Lipinski definition) is 1. The summed E-state index contributed by atoms with van der Waals surface area (Å²) in [4.78, 5) is 4.38. The largest absolute Gasteiger partial charge is 0.464 e. The molecular formula is C14H20N2O2. The predicted octanol–water partition coefficient (Wildman–Crippen LogP) is 3.30. The molecule has 0 radical (unpaired) electrons. The number of furan rings is 1. The second kappa shape index (κ2) is 5.87. The maximum absolute atomic E-state index is 5.51. The molecule has 4 nitrogen and oxygen atoms in total. The number of aromatic nitrogens is 1. The Morgan fingerprint density at radius 1 is 1.39 bits per heavy atom. The fraction of sp³-hybridized carbons (Fsp3) is 0.500. The number of fused-ring (bicyclic) bond motifs is 1. The van der Waals surface area contributed by atoms with E-state index in [0.717, 1.165) is 23.4 Å². The minimum Gasteiger partial charge on any atom is -0.464 e. The Morgan fingerprint density at radius 3 is 2.94 bits per heavy atom. The lowest BCUT2D eigenvalue weighted by Gasteiger charge is -2.22. The molecule has 0 aliphatic carbocycles. The predicted molar refractivity (Wildman–Crippen MR) is 72.8 cm³/mol. The lowest BCUT2D eigenvalue weighted by molar-refractivity contribution is 0.126. The highest BCUT2D eigenvalue weighted by atomic mass is 16.5. The molecule has 2 rings (SSSR count). The van der Waals surface area contributed by atoms with Gasteiger partial charge in [0.15, 0.2) is 0 Å². The lowest BCUT2D eigenvalue weighted by atomic mass is 10.1. The van der Waals surface area contributed by atoms with Crippen molar-refractivity contribution in [3.8, 4) is 0 Å². The summed E-state index contributed by atoms with van der Waals surface area (Å²) in [6, 6.07) is 4.05. The quantitative estimate of drug-likeness (QED) is 0.852. The molecule has 0 spiro atoms. The molecule has 0 bridgehead atoms. The van der Waals surface area contributed by atoms with E-state index in [1.807, 2.05) is 19.1 Å². The molecule has 98 valence electrons. The van der Waals surface area contributed by atoms with Gasteiger partial charge in [-0.3, -0.25) is 0 Å². The molecule has 0 aliphatic rings. The Bertz CT molecular complexity index is 493. The Balaban J connectivity index is 2.17. The first-order valence-electron chi connectivity index (χ1n) is 6.39. The van der Waals surface area contributed by atoms with E-state index < -0.39 is 0 Å². The number of nitrogens with one attached hydrogen (secondary N) is 1. The summed E-state index contributed by atoms with van der Waals surface area (Å²) in [5, 5.41) is 4.46. The van der Waals surface area contributed by atoms with Crippen molar-refractivity contribution in [2.45, 2.75) is 26.8 Å². The van der Waals surface area contributed by atoms with Crippen molar-refractivity contribution in [1.82, 2.24) is 4.98 Å². The molecule has 0 amide bonds. The first kappa shape index (κ1) is 12.9. The summed E-state index contributed by atoms with van der Waals surface area (Å²) in [5.41, 5.74) is 0.853. The van der Waals surface area contributed by atoms with Gasteiger partial charge in [-0.1, -0.05) is 13.8 Å². The van der Waals surface area contributed by atoms with Gasteiger partial charge in [-0.15, -0.1) is 0 Å². The number of anilines is 1. The number of hydrogen-bond acceptors (Lipinski definition) is 4. The van der Waals surface area contributed by atoms with Crippen molar-refractivity contribution in [1.29, 1.82) is 0 Å². The molecule has 1 atom stereocenters. The summed E-state index contributed by atoms with van der Waals surface area (Å²) < 4.78 is 10.9. The van der Waals surface area contributed by atoms with Gasteiger partial charge < -0.3 is 14.5 Å². The van der Waals surface area contributed by atoms with E-state index >= 15 is 0 Å². The maximum atomic E-state index is 5.51. The average molecular weight is 248 g/mol. The Labute approximate surface area is 107 Å². The van der Waals surface area contributed by atoms with Crippen LogP contribution < -0.4 is 5.32 Å². The molecule has 0 aromatic carbocycles. The molecule has 0 saturated heterocycles. The first-order chi connectivity index (χ1) is 8.72. The molecule has 18 heavy (non-hydrogen) atoms. The number of nitrogens with zero attached hydrogens (tertiary/aromatic N) is 1. The molecule has 4 heteroatoms. The third kappa shape index (κ3) is 2.82. The zero-order valence-electron chi connectivity index (χ0n) is 11.1. The second-order valence-corrected chi connectivity index (χ2v) is 4.65. The van der Waals surface area contributed by atoms with Crippen LogP contribution in [0.4, 0.5) is 5.82 Å². The summed E-state index contributed by atoms with van der Waals surface area (Å²) >= 11 is 0. The third-order valence-electron chi connectivity index (χ3n) is 3.01. The van der Waals surface area contributed by atoms with Crippen LogP contribution in [0.2, 0.25) is 0 Å². The highest BCUT2D eigenvalue weighted by Crippen LogP contribution is 2.23. The van der Waals surface area contributed by atoms with Crippen molar-refractivity contribution in [2.24, 2.45) is 5.92 Å². The molecule has 2 heterocycles. The normalized spacial score (nSPS) is 13.1. The second-order valence-electron chi connectivity index (χ2n) is 4.65. The van der Waals surface area contributed by atoms with Crippen molar-refractivity contribution in [2.75, 3.05) is 18.5 Å². The Hall–Kier alpha value is -1.55. The van der Waals surface area contributed by atoms with Crippen molar-refractivity contribution in [3.05, 3.63) is 24.6 Å². The fourth-order valence-corrected chi connectivity index (χ4v) is 1.83. The lowest BCUT2D eigenvalue weighted by Crippen LogP contribution is -2.31. The highest BCUT2D eigenvalue weighted by Gasteiger charge is 2.15. The van der Waals surface area contributed by atoms with E-state index in [9.17, 15) is 0 Å². The van der Waals surface area contributed by atoms with E-state index in [0.29, 0.717) is 12.5 Å². The van der Waals surface area contributed by atoms with Gasteiger partial charge in [0.05, 0.1) is 24.3 Å². The van der Waals surface area contributed by atoms with Crippen LogP contribution in [0.25, 0.3) is 11.0 Å². The minimum absolute atomic E-state index is 0.248. The monoisotopic (exact) mass is 248 g/mol. The van der Waals surface area contributed by atoms with Gasteiger partial charge in [-0.2, -0.15) is 0 Å². The summed E-state index contributed by atoms with van der Waals surface area (Å²) in [5.74, 6) is 1.33. The van der Waals surface area contributed by atoms with Gasteiger partial charge in [0.2, 0.25) is 0 Å². The van der Waals surface area contributed by atoms with E-state index in [4.69, 9.17) is 9.15 Å². The van der Waals surface area contributed by atoms with Crippen molar-refractivity contribution < 1.29 is 9.15 Å². The Morgan fingerprint density at radius 2 is 2.22 bits per heavy atom. The molecule has 0 fully saturated rings. The number of pyridine rings is 1. The van der Waals surface area contributed by atoms with E-state index in [1.54, 1.807) is 12.5 Å². The van der Waals surface area contributed by atoms with Crippen LogP contribution in [0.3, 0.4) is 0 Å². The SMILES string of the molecule is CCOCC(Nc1nccc2occc12)C(C)C. The zero-order chi connectivity index (χ0) is 13.0. The van der Waals surface area contributed by atoms with Crippen LogP contribution in [0.15, 0.2) is 29.0 Å². The highest BCUT2D eigenvalue weighted by molar-refractivity contribution is 5.87. The van der Waals surface area contributed by atoms with Gasteiger partial charge in [0.1, 0.15) is 11.4 Å². The molecule has 1 N–H and O–H groups in total. The number of ether oxygens (including phenoxy) is 1. The van der Waals surface area contributed by atoms with E-state index in [-0.39, 0.29) is 6.04 Å². The summed E-state index contributed by atoms with van der Waals surface area (Å²) in [6.07, 6.45) is 3.44. The van der Waals surface area contributed by atoms with Gasteiger partial charge in [-0.05, 0) is 25.0 Å². The first-order valence-corrected chi connectivity index (χ1v) is 6.39. The average Bonchev–Trinajstić information content (AvgIpc) is 2.83. The zero-order valence-corrected chi connectivity index (χ0v) is 11.1. The van der Waals surface area contributed by atoms with Crippen LogP contribution in [-0.2, 0) is 4.74 Å². The summed E-state index contributed by atoms with van der Waals surface area (Å²) in [7, 11) is 0. The van der Waals surface area contributed by atoms with Crippen molar-refractivity contribution in [3.63, 3.8) is 0 Å². The molecule has 2 aromatic rings. The van der Waals surface area contributed by atoms with Crippen LogP contribution in [0.1, 0.15) is 20.8 Å². The van der Waals surface area contributed by atoms with Crippen molar-refractivity contribution >= 4 is 16.8 Å². The van der Waals surface area contributed by atoms with Crippen LogP contribution >= 0.6 is 0 Å². The standard InChI is InChI=1S/C14H20N2O2/c1-4-17-9-12(10(2)3)16-14-11-6-8-18-13(11)5-7-15-14/h5-8,10,12H,4,9H2,1-3H3,(H,15,16). The van der Waals surface area contributed by atoms with Gasteiger partial charge >= 0.3 is 0 Å². The van der Waals surface area contributed by atoms with Gasteiger partial charge in [0.25, 0.3) is 0 Å². The molecule has 0 aliphatic heterocycles. The topological polar surface area (TPSA) is 47.3 Å². The molecule has 0 saturated carbocycles. The molecular weight excluding hydrogens is 228 g/mol. The Kier molecular flexibility index (Phi) is 4.20. The summed E-state index contributed by atoms with van der Waals surface area (Å²) in [6.45, 7) is 7.77. The minimum atomic E-state index is 0.248. The fourth-order valence-electron chi connectivity index (χ4n) is 1.83. The molecule has 1 unspecified atom stereocenters. The van der Waals surface area contributed by atoms with Crippen LogP contribution in [0.5, 0.6) is 0 Å². The third-order valence-corrected chi connectivity index (χ3v) is 3.01. The van der Waals surface area contributed by atoms with Gasteiger partial charge in [0, 0.05) is 12.8 Å². The smallest absolute Gasteiger partial charge is 0.139 e. The van der Waals surface area contributed by atoms with Crippen LogP contribution in [-0.4, -0.2) is 24.2 Å². The van der Waals surface area contributed by atoms with Crippen LogP contribution in [0, 0.1) is 5.92 Å².